The normalized spacial score (nSPS) is 16.8. The number of ether oxygens (including phenoxy) is 4. The summed E-state index contributed by atoms with van der Waals surface area (Å²) in [6.45, 7) is 18.9. The van der Waals surface area contributed by atoms with Crippen LogP contribution in [0.3, 0.4) is 0 Å². The largest absolute Gasteiger partial charge is 0.490 e. The first-order chi connectivity index (χ1) is 16.1. The number of benzene rings is 2. The Morgan fingerprint density at radius 1 is 0.912 bits per heavy atom. The molecular formula is C29H43O4P. The summed E-state index contributed by atoms with van der Waals surface area (Å²) in [4.78, 5) is 0. The van der Waals surface area contributed by atoms with E-state index in [1.54, 1.807) is 0 Å². The zero-order valence-corrected chi connectivity index (χ0v) is 23.2. The predicted molar refractivity (Wildman–Crippen MR) is 144 cm³/mol. The van der Waals surface area contributed by atoms with E-state index < -0.39 is 13.7 Å². The van der Waals surface area contributed by atoms with Crippen molar-refractivity contribution in [2.45, 2.75) is 90.9 Å². The molecule has 3 rings (SSSR count). The van der Waals surface area contributed by atoms with Gasteiger partial charge in [-0.05, 0) is 62.5 Å². The molecule has 0 saturated carbocycles. The van der Waals surface area contributed by atoms with Gasteiger partial charge in [0.05, 0.1) is 31.0 Å². The van der Waals surface area contributed by atoms with Crippen molar-refractivity contribution in [2.75, 3.05) is 19.9 Å². The van der Waals surface area contributed by atoms with Crippen LogP contribution in [-0.2, 0) is 9.47 Å². The van der Waals surface area contributed by atoms with Crippen molar-refractivity contribution in [3.8, 4) is 22.6 Å². The van der Waals surface area contributed by atoms with Gasteiger partial charge < -0.3 is 18.9 Å². The van der Waals surface area contributed by atoms with E-state index in [0.29, 0.717) is 13.2 Å². The van der Waals surface area contributed by atoms with Gasteiger partial charge in [-0.2, -0.15) is 0 Å². The van der Waals surface area contributed by atoms with Crippen LogP contribution in [-0.4, -0.2) is 43.0 Å². The lowest BCUT2D eigenvalue weighted by Gasteiger charge is -2.40. The Hall–Kier alpha value is -1.61. The summed E-state index contributed by atoms with van der Waals surface area (Å²) < 4.78 is 25.0. The Bertz CT molecular complexity index is 903. The third kappa shape index (κ3) is 6.33. The predicted octanol–water partition coefficient (Wildman–Crippen LogP) is 7.38. The minimum atomic E-state index is -0.559. The molecule has 34 heavy (non-hydrogen) atoms. The van der Waals surface area contributed by atoms with Crippen molar-refractivity contribution in [3.05, 3.63) is 42.5 Å². The van der Waals surface area contributed by atoms with Gasteiger partial charge in [0.15, 0.2) is 5.79 Å². The van der Waals surface area contributed by atoms with Gasteiger partial charge >= 0.3 is 0 Å². The van der Waals surface area contributed by atoms with E-state index in [1.165, 1.54) is 10.9 Å². The highest BCUT2D eigenvalue weighted by Gasteiger charge is 2.43. The van der Waals surface area contributed by atoms with Gasteiger partial charge in [-0.1, -0.05) is 65.4 Å². The third-order valence-corrected chi connectivity index (χ3v) is 9.39. The van der Waals surface area contributed by atoms with Crippen molar-refractivity contribution in [3.63, 3.8) is 0 Å². The minimum absolute atomic E-state index is 0.0118. The van der Waals surface area contributed by atoms with E-state index in [9.17, 15) is 0 Å². The molecule has 0 aromatic heterocycles. The molecule has 0 amide bonds. The Balaban J connectivity index is 2.06. The van der Waals surface area contributed by atoms with Gasteiger partial charge in [0.25, 0.3) is 0 Å². The fourth-order valence-electron chi connectivity index (χ4n) is 4.77. The van der Waals surface area contributed by atoms with Crippen LogP contribution < -0.4 is 14.8 Å². The second kappa shape index (κ2) is 11.4. The van der Waals surface area contributed by atoms with Crippen LogP contribution in [0.5, 0.6) is 11.5 Å². The SMILES string of the molecule is CCCC1(CC(C)(C)P(C)c2ccccc2-c2c(OC(C)C)cccc2OC(C)C)OCCO1. The van der Waals surface area contributed by atoms with E-state index >= 15 is 0 Å². The molecule has 1 aliphatic rings. The lowest BCUT2D eigenvalue weighted by molar-refractivity contribution is -0.170. The van der Waals surface area contributed by atoms with E-state index in [4.69, 9.17) is 18.9 Å². The lowest BCUT2D eigenvalue weighted by atomic mass is 9.98. The molecule has 0 N–H and O–H groups in total. The third-order valence-electron chi connectivity index (χ3n) is 6.30. The van der Waals surface area contributed by atoms with Crippen LogP contribution in [0, 0.1) is 0 Å². The maximum atomic E-state index is 6.29. The molecule has 1 aliphatic heterocycles. The van der Waals surface area contributed by atoms with Gasteiger partial charge in [-0.3, -0.25) is 0 Å². The molecule has 0 bridgehead atoms. The molecule has 1 unspecified atom stereocenters. The van der Waals surface area contributed by atoms with E-state index in [2.05, 4.69) is 91.5 Å². The van der Waals surface area contributed by atoms with Crippen molar-refractivity contribution >= 4 is 13.2 Å². The molecule has 1 saturated heterocycles. The van der Waals surface area contributed by atoms with Crippen LogP contribution in [0.1, 0.15) is 67.7 Å². The van der Waals surface area contributed by atoms with E-state index in [0.717, 1.165) is 36.3 Å². The molecule has 2 aromatic carbocycles. The summed E-state index contributed by atoms with van der Waals surface area (Å²) >= 11 is 0. The quantitative estimate of drug-likeness (QED) is 0.311. The molecule has 4 nitrogen and oxygen atoms in total. The molecule has 0 spiro atoms. The average molecular weight is 487 g/mol. The van der Waals surface area contributed by atoms with Gasteiger partial charge in [0.2, 0.25) is 0 Å². The summed E-state index contributed by atoms with van der Waals surface area (Å²) in [5, 5.41) is 1.36. The van der Waals surface area contributed by atoms with Gasteiger partial charge in [0.1, 0.15) is 11.5 Å². The number of hydrogen-bond acceptors (Lipinski definition) is 4. The minimum Gasteiger partial charge on any atom is -0.490 e. The standard InChI is InChI=1S/C29H43O4P/c1-9-17-29(30-18-19-31-29)20-28(6,7)34(8)26-16-11-10-13-23(26)27-24(32-21(2)3)14-12-15-25(27)33-22(4)5/h10-16,21-22H,9,17-20H2,1-8H3. The fraction of sp³-hybridized carbons (Fsp3) is 0.586. The Labute approximate surface area is 208 Å². The van der Waals surface area contributed by atoms with Crippen LogP contribution in [0.25, 0.3) is 11.1 Å². The molecule has 0 aliphatic carbocycles. The second-order valence-electron chi connectivity index (χ2n) is 10.4. The first kappa shape index (κ1) is 27.0. The highest BCUT2D eigenvalue weighted by Crippen LogP contribution is 2.54. The number of rotatable bonds is 11. The summed E-state index contributed by atoms with van der Waals surface area (Å²) in [6, 6.07) is 14.9. The monoisotopic (exact) mass is 486 g/mol. The molecular weight excluding hydrogens is 443 g/mol. The fourth-order valence-corrected chi connectivity index (χ4v) is 6.76. The Kier molecular flexibility index (Phi) is 9.06. The van der Waals surface area contributed by atoms with Crippen molar-refractivity contribution in [2.24, 2.45) is 0 Å². The van der Waals surface area contributed by atoms with E-state index in [-0.39, 0.29) is 17.4 Å². The Morgan fingerprint density at radius 3 is 2.00 bits per heavy atom. The Morgan fingerprint density at radius 2 is 1.47 bits per heavy atom. The van der Waals surface area contributed by atoms with Crippen molar-refractivity contribution in [1.29, 1.82) is 0 Å². The molecule has 5 heteroatoms. The average Bonchev–Trinajstić information content (AvgIpc) is 3.20. The summed E-state index contributed by atoms with van der Waals surface area (Å²) in [5.74, 6) is 1.27. The molecule has 2 aromatic rings. The van der Waals surface area contributed by atoms with Crippen molar-refractivity contribution in [1.82, 2.24) is 0 Å². The van der Waals surface area contributed by atoms with Crippen LogP contribution in [0.2, 0.25) is 0 Å². The summed E-state index contributed by atoms with van der Waals surface area (Å²) in [5.41, 5.74) is 2.23. The summed E-state index contributed by atoms with van der Waals surface area (Å²) in [7, 11) is -0.559. The van der Waals surface area contributed by atoms with Gasteiger partial charge in [-0.15, -0.1) is 0 Å². The second-order valence-corrected chi connectivity index (χ2v) is 13.2. The summed E-state index contributed by atoms with van der Waals surface area (Å²) in [6.07, 6.45) is 3.00. The topological polar surface area (TPSA) is 36.9 Å². The van der Waals surface area contributed by atoms with E-state index in [1.807, 2.05) is 6.07 Å². The highest BCUT2D eigenvalue weighted by molar-refractivity contribution is 7.66. The zero-order chi connectivity index (χ0) is 24.9. The molecule has 1 atom stereocenters. The first-order valence-corrected chi connectivity index (χ1v) is 14.4. The lowest BCUT2D eigenvalue weighted by Crippen LogP contribution is -2.39. The maximum Gasteiger partial charge on any atom is 0.169 e. The smallest absolute Gasteiger partial charge is 0.169 e. The molecule has 0 radical (unpaired) electrons. The molecule has 188 valence electrons. The molecule has 1 heterocycles. The van der Waals surface area contributed by atoms with Crippen molar-refractivity contribution < 1.29 is 18.9 Å². The van der Waals surface area contributed by atoms with Crippen LogP contribution in [0.4, 0.5) is 0 Å². The highest BCUT2D eigenvalue weighted by atomic mass is 31.1. The van der Waals surface area contributed by atoms with Gasteiger partial charge in [-0.25, -0.2) is 0 Å². The number of hydrogen-bond donors (Lipinski definition) is 0. The van der Waals surface area contributed by atoms with Crippen LogP contribution in [0.15, 0.2) is 42.5 Å². The first-order valence-electron chi connectivity index (χ1n) is 12.7. The maximum absolute atomic E-state index is 6.29. The van der Waals surface area contributed by atoms with Gasteiger partial charge in [0, 0.05) is 12.8 Å². The van der Waals surface area contributed by atoms with Crippen LogP contribution >= 0.6 is 7.92 Å². The molecule has 1 fully saturated rings. The zero-order valence-electron chi connectivity index (χ0n) is 22.3.